The summed E-state index contributed by atoms with van der Waals surface area (Å²) >= 11 is 0. The van der Waals surface area contributed by atoms with Crippen molar-refractivity contribution in [2.24, 2.45) is 0 Å². The van der Waals surface area contributed by atoms with Crippen molar-refractivity contribution in [3.63, 3.8) is 0 Å². The number of morpholine rings is 1. The molecule has 1 atom stereocenters. The van der Waals surface area contributed by atoms with Crippen molar-refractivity contribution >= 4 is 10.2 Å². The second kappa shape index (κ2) is 7.17. The Hall–Kier alpha value is -1.15. The van der Waals surface area contributed by atoms with Gasteiger partial charge in [0.1, 0.15) is 5.75 Å². The summed E-state index contributed by atoms with van der Waals surface area (Å²) in [5.74, 6) is 0.848. The first-order chi connectivity index (χ1) is 10.8. The minimum atomic E-state index is -3.48. The molecule has 0 amide bonds. The van der Waals surface area contributed by atoms with Crippen LogP contribution < -0.4 is 4.74 Å². The van der Waals surface area contributed by atoms with Gasteiger partial charge in [0.15, 0.2) is 0 Å². The number of hydrogen-bond donors (Lipinski definition) is 0. The molecule has 0 N–H and O–H groups in total. The summed E-state index contributed by atoms with van der Waals surface area (Å²) in [5, 5.41) is 0. The van der Waals surface area contributed by atoms with E-state index in [0.717, 1.165) is 22.4 Å². The van der Waals surface area contributed by atoms with Gasteiger partial charge in [-0.2, -0.15) is 17.0 Å². The standard InChI is InChI=1S/C16H26N2O4S/c1-12-8-15(9-13(2)16(12)21-5)11-17(4)23(19,20)18-6-7-22-14(3)10-18/h8-9,14H,6-7,10-11H2,1-5H3. The van der Waals surface area contributed by atoms with Crippen molar-refractivity contribution in [1.29, 1.82) is 0 Å². The molecule has 6 nitrogen and oxygen atoms in total. The molecule has 0 bridgehead atoms. The lowest BCUT2D eigenvalue weighted by atomic mass is 10.1. The molecule has 0 spiro atoms. The molecule has 1 aromatic rings. The number of rotatable bonds is 5. The Morgan fingerprint density at radius 3 is 2.48 bits per heavy atom. The third-order valence-corrected chi connectivity index (χ3v) is 5.95. The number of aryl methyl sites for hydroxylation is 2. The van der Waals surface area contributed by atoms with Crippen LogP contribution in [0.4, 0.5) is 0 Å². The summed E-state index contributed by atoms with van der Waals surface area (Å²) in [6.45, 7) is 7.39. The Labute approximate surface area is 139 Å². The minimum Gasteiger partial charge on any atom is -0.496 e. The van der Waals surface area contributed by atoms with E-state index in [0.29, 0.717) is 26.2 Å². The minimum absolute atomic E-state index is 0.0719. The molecule has 23 heavy (non-hydrogen) atoms. The lowest BCUT2D eigenvalue weighted by molar-refractivity contribution is 0.00846. The maximum absolute atomic E-state index is 12.7. The summed E-state index contributed by atoms with van der Waals surface area (Å²) in [5.41, 5.74) is 2.97. The highest BCUT2D eigenvalue weighted by Crippen LogP contribution is 2.25. The molecule has 0 radical (unpaired) electrons. The topological polar surface area (TPSA) is 59.1 Å². The molecule has 1 aliphatic rings. The summed E-state index contributed by atoms with van der Waals surface area (Å²) < 4.78 is 39.1. The van der Waals surface area contributed by atoms with Crippen molar-refractivity contribution in [3.8, 4) is 5.75 Å². The first kappa shape index (κ1) is 18.2. The zero-order valence-corrected chi connectivity index (χ0v) is 15.3. The van der Waals surface area contributed by atoms with E-state index in [4.69, 9.17) is 9.47 Å². The Morgan fingerprint density at radius 2 is 1.96 bits per heavy atom. The van der Waals surface area contributed by atoms with Gasteiger partial charge in [0.05, 0.1) is 19.8 Å². The third-order valence-electron chi connectivity index (χ3n) is 4.05. The second-order valence-electron chi connectivity index (χ2n) is 6.07. The number of ether oxygens (including phenoxy) is 2. The Kier molecular flexibility index (Phi) is 5.67. The maximum Gasteiger partial charge on any atom is 0.282 e. The van der Waals surface area contributed by atoms with E-state index in [-0.39, 0.29) is 6.10 Å². The Morgan fingerprint density at radius 1 is 1.35 bits per heavy atom. The molecule has 1 fully saturated rings. The lowest BCUT2D eigenvalue weighted by Gasteiger charge is -2.33. The first-order valence-electron chi connectivity index (χ1n) is 7.72. The molecule has 1 aromatic carbocycles. The fraction of sp³-hybridized carbons (Fsp3) is 0.625. The van der Waals surface area contributed by atoms with E-state index < -0.39 is 10.2 Å². The van der Waals surface area contributed by atoms with Crippen molar-refractivity contribution in [1.82, 2.24) is 8.61 Å². The molecule has 2 rings (SSSR count). The zero-order chi connectivity index (χ0) is 17.2. The van der Waals surface area contributed by atoms with E-state index in [9.17, 15) is 8.42 Å². The maximum atomic E-state index is 12.7. The molecule has 0 aliphatic carbocycles. The van der Waals surface area contributed by atoms with Crippen LogP contribution in [-0.2, 0) is 21.5 Å². The zero-order valence-electron chi connectivity index (χ0n) is 14.5. The Bertz CT molecular complexity index is 637. The van der Waals surface area contributed by atoms with Gasteiger partial charge < -0.3 is 9.47 Å². The summed E-state index contributed by atoms with van der Waals surface area (Å²) in [6, 6.07) is 3.94. The van der Waals surface area contributed by atoms with Crippen LogP contribution in [0.1, 0.15) is 23.6 Å². The van der Waals surface area contributed by atoms with E-state index in [2.05, 4.69) is 0 Å². The highest BCUT2D eigenvalue weighted by Gasteiger charge is 2.31. The SMILES string of the molecule is COc1c(C)cc(CN(C)S(=O)(=O)N2CCOC(C)C2)cc1C. The van der Waals surface area contributed by atoms with Gasteiger partial charge in [-0.25, -0.2) is 0 Å². The summed E-state index contributed by atoms with van der Waals surface area (Å²) in [4.78, 5) is 0. The van der Waals surface area contributed by atoms with Crippen LogP contribution in [0.5, 0.6) is 5.75 Å². The molecule has 1 aliphatic heterocycles. The van der Waals surface area contributed by atoms with Gasteiger partial charge in [0.2, 0.25) is 0 Å². The van der Waals surface area contributed by atoms with Gasteiger partial charge in [-0.3, -0.25) is 0 Å². The highest BCUT2D eigenvalue weighted by atomic mass is 32.2. The largest absolute Gasteiger partial charge is 0.496 e. The van der Waals surface area contributed by atoms with Gasteiger partial charge in [-0.05, 0) is 37.5 Å². The van der Waals surface area contributed by atoms with Gasteiger partial charge in [0.25, 0.3) is 10.2 Å². The normalized spacial score (nSPS) is 20.0. The van der Waals surface area contributed by atoms with Crippen LogP contribution in [-0.4, -0.2) is 57.0 Å². The fourth-order valence-electron chi connectivity index (χ4n) is 2.99. The average molecular weight is 342 g/mol. The molecular formula is C16H26N2O4S. The molecule has 130 valence electrons. The van der Waals surface area contributed by atoms with Gasteiger partial charge in [-0.1, -0.05) is 12.1 Å². The molecule has 0 aromatic heterocycles. The highest BCUT2D eigenvalue weighted by molar-refractivity contribution is 7.86. The van der Waals surface area contributed by atoms with E-state index in [1.807, 2.05) is 32.9 Å². The molecule has 7 heteroatoms. The molecule has 1 unspecified atom stereocenters. The summed E-state index contributed by atoms with van der Waals surface area (Å²) in [6.07, 6.45) is -0.0719. The van der Waals surface area contributed by atoms with E-state index in [1.165, 1.54) is 8.61 Å². The van der Waals surface area contributed by atoms with Crippen LogP contribution in [0, 0.1) is 13.8 Å². The Balaban J connectivity index is 2.16. The van der Waals surface area contributed by atoms with E-state index in [1.54, 1.807) is 14.2 Å². The average Bonchev–Trinajstić information content (AvgIpc) is 2.46. The first-order valence-corrected chi connectivity index (χ1v) is 9.12. The number of methoxy groups -OCH3 is 1. The van der Waals surface area contributed by atoms with Crippen LogP contribution in [0.2, 0.25) is 0 Å². The van der Waals surface area contributed by atoms with Gasteiger partial charge >= 0.3 is 0 Å². The third kappa shape index (κ3) is 4.03. The van der Waals surface area contributed by atoms with E-state index >= 15 is 0 Å². The van der Waals surface area contributed by atoms with Gasteiger partial charge in [-0.15, -0.1) is 0 Å². The predicted octanol–water partition coefficient (Wildman–Crippen LogP) is 1.71. The van der Waals surface area contributed by atoms with Crippen molar-refractivity contribution in [2.75, 3.05) is 33.9 Å². The fourth-order valence-corrected chi connectivity index (χ4v) is 4.40. The van der Waals surface area contributed by atoms with Crippen LogP contribution in [0.15, 0.2) is 12.1 Å². The summed E-state index contributed by atoms with van der Waals surface area (Å²) in [7, 11) is -0.220. The molecule has 1 saturated heterocycles. The van der Waals surface area contributed by atoms with Crippen molar-refractivity contribution < 1.29 is 17.9 Å². The smallest absolute Gasteiger partial charge is 0.282 e. The molecular weight excluding hydrogens is 316 g/mol. The molecule has 0 saturated carbocycles. The number of benzene rings is 1. The van der Waals surface area contributed by atoms with Crippen molar-refractivity contribution in [3.05, 3.63) is 28.8 Å². The second-order valence-corrected chi connectivity index (χ2v) is 8.10. The van der Waals surface area contributed by atoms with Crippen molar-refractivity contribution in [2.45, 2.75) is 33.4 Å². The lowest BCUT2D eigenvalue weighted by Crippen LogP contribution is -2.49. The predicted molar refractivity (Wildman–Crippen MR) is 89.8 cm³/mol. The van der Waals surface area contributed by atoms with Gasteiger partial charge in [0, 0.05) is 26.7 Å². The quantitative estimate of drug-likeness (QED) is 0.817. The number of nitrogens with zero attached hydrogens (tertiary/aromatic N) is 2. The van der Waals surface area contributed by atoms with Crippen LogP contribution in [0.25, 0.3) is 0 Å². The number of hydrogen-bond acceptors (Lipinski definition) is 4. The van der Waals surface area contributed by atoms with Crippen LogP contribution >= 0.6 is 0 Å². The van der Waals surface area contributed by atoms with Crippen LogP contribution in [0.3, 0.4) is 0 Å². The molecule has 1 heterocycles. The monoisotopic (exact) mass is 342 g/mol.